The lowest BCUT2D eigenvalue weighted by molar-refractivity contribution is -0.00677. The second-order valence-electron chi connectivity index (χ2n) is 9.40. The Kier molecular flexibility index (Phi) is 8.88. The Morgan fingerprint density at radius 1 is 0.971 bits per heavy atom. The molecule has 0 unspecified atom stereocenters. The normalized spacial score (nSPS) is 22.0. The lowest BCUT2D eigenvalue weighted by Gasteiger charge is -2.38. The predicted molar refractivity (Wildman–Crippen MR) is 135 cm³/mol. The Morgan fingerprint density at radius 3 is 2.66 bits per heavy atom. The summed E-state index contributed by atoms with van der Waals surface area (Å²) in [5, 5.41) is 0. The minimum atomic E-state index is 0.0816. The molecule has 0 spiro atoms. The van der Waals surface area contributed by atoms with Gasteiger partial charge in [-0.25, -0.2) is 0 Å². The lowest BCUT2D eigenvalue weighted by atomic mass is 9.89. The van der Waals surface area contributed by atoms with Crippen molar-refractivity contribution in [1.82, 2.24) is 9.80 Å². The first-order chi connectivity index (χ1) is 17.1. The van der Waals surface area contributed by atoms with Gasteiger partial charge in [-0.2, -0.15) is 0 Å². The molecule has 2 aromatic rings. The number of ether oxygens (including phenoxy) is 4. The van der Waals surface area contributed by atoms with Crippen LogP contribution in [-0.2, 0) is 11.3 Å². The van der Waals surface area contributed by atoms with Gasteiger partial charge < -0.3 is 23.8 Å². The SMILES string of the molecule is COc1ccc(CN2CCCC[C@@H]3CN(CC[C@@H]3OC)C(=O)c3cccc(c3)OCC2)c(OC)c1. The molecule has 0 aliphatic carbocycles. The molecule has 2 aliphatic heterocycles. The molecule has 1 saturated heterocycles. The van der Waals surface area contributed by atoms with E-state index < -0.39 is 0 Å². The van der Waals surface area contributed by atoms with Crippen LogP contribution in [0.15, 0.2) is 42.5 Å². The van der Waals surface area contributed by atoms with Crippen molar-refractivity contribution in [2.24, 2.45) is 5.92 Å². The Morgan fingerprint density at radius 2 is 1.86 bits per heavy atom. The minimum absolute atomic E-state index is 0.0816. The number of carbonyl (C=O) groups excluding carboxylic acids is 1. The van der Waals surface area contributed by atoms with E-state index in [9.17, 15) is 4.79 Å². The largest absolute Gasteiger partial charge is 0.497 e. The van der Waals surface area contributed by atoms with Gasteiger partial charge in [-0.1, -0.05) is 18.6 Å². The number of benzene rings is 2. The maximum Gasteiger partial charge on any atom is 0.254 e. The topological polar surface area (TPSA) is 60.5 Å². The molecule has 2 aliphatic rings. The van der Waals surface area contributed by atoms with E-state index in [1.54, 1.807) is 21.3 Å². The molecule has 1 fully saturated rings. The quantitative estimate of drug-likeness (QED) is 0.635. The number of nitrogens with zero attached hydrogens (tertiary/aromatic N) is 2. The first-order valence-electron chi connectivity index (χ1n) is 12.6. The fourth-order valence-electron chi connectivity index (χ4n) is 5.21. The first kappa shape index (κ1) is 25.3. The van der Waals surface area contributed by atoms with Gasteiger partial charge in [0.25, 0.3) is 5.91 Å². The summed E-state index contributed by atoms with van der Waals surface area (Å²) in [6.07, 6.45) is 4.32. The number of methoxy groups -OCH3 is 3. The monoisotopic (exact) mass is 482 g/mol. The van der Waals surface area contributed by atoms with Crippen molar-refractivity contribution in [3.63, 3.8) is 0 Å². The zero-order chi connectivity index (χ0) is 24.6. The minimum Gasteiger partial charge on any atom is -0.497 e. The highest BCUT2D eigenvalue weighted by molar-refractivity contribution is 5.94. The van der Waals surface area contributed by atoms with E-state index in [2.05, 4.69) is 11.0 Å². The van der Waals surface area contributed by atoms with E-state index in [0.29, 0.717) is 18.1 Å². The van der Waals surface area contributed by atoms with Crippen LogP contribution in [0.3, 0.4) is 0 Å². The van der Waals surface area contributed by atoms with E-state index in [-0.39, 0.29) is 12.0 Å². The van der Waals surface area contributed by atoms with E-state index in [4.69, 9.17) is 18.9 Å². The van der Waals surface area contributed by atoms with Crippen molar-refractivity contribution in [3.05, 3.63) is 53.6 Å². The van der Waals surface area contributed by atoms with Gasteiger partial charge in [0.1, 0.15) is 23.9 Å². The van der Waals surface area contributed by atoms with Crippen molar-refractivity contribution < 1.29 is 23.7 Å². The zero-order valence-corrected chi connectivity index (χ0v) is 21.2. The number of hydrogen-bond acceptors (Lipinski definition) is 6. The van der Waals surface area contributed by atoms with E-state index in [1.807, 2.05) is 41.3 Å². The molecule has 2 atom stereocenters. The van der Waals surface area contributed by atoms with Gasteiger partial charge in [-0.05, 0) is 50.1 Å². The second-order valence-corrected chi connectivity index (χ2v) is 9.40. The average molecular weight is 483 g/mol. The summed E-state index contributed by atoms with van der Waals surface area (Å²) >= 11 is 0. The third-order valence-electron chi connectivity index (χ3n) is 7.20. The van der Waals surface area contributed by atoms with Gasteiger partial charge in [-0.15, -0.1) is 0 Å². The van der Waals surface area contributed by atoms with Crippen LogP contribution in [0.5, 0.6) is 17.2 Å². The van der Waals surface area contributed by atoms with Crippen molar-refractivity contribution in [3.8, 4) is 17.2 Å². The molecule has 0 N–H and O–H groups in total. The standard InChI is InChI=1S/C28H38N2O5/c1-32-24-11-10-23(27(18-24)34-3)19-29-13-5-4-7-22-20-30(14-12-26(22)33-2)28(31)21-8-6-9-25(17-21)35-16-15-29/h6,8-11,17-18,22,26H,4-5,7,12-16,19-20H2,1-3H3/t22-,26+/m1/s1. The molecule has 1 amide bonds. The predicted octanol–water partition coefficient (Wildman–Crippen LogP) is 4.25. The summed E-state index contributed by atoms with van der Waals surface area (Å²) in [6, 6.07) is 13.6. The first-order valence-corrected chi connectivity index (χ1v) is 12.6. The molecule has 4 rings (SSSR count). The number of piperidine rings is 1. The molecule has 190 valence electrons. The van der Waals surface area contributed by atoms with Crippen LogP contribution in [-0.4, -0.2) is 75.9 Å². The van der Waals surface area contributed by atoms with Crippen LogP contribution in [0, 0.1) is 5.92 Å². The van der Waals surface area contributed by atoms with Gasteiger partial charge in [0.15, 0.2) is 0 Å². The van der Waals surface area contributed by atoms with Crippen LogP contribution in [0.25, 0.3) is 0 Å². The van der Waals surface area contributed by atoms with Crippen LogP contribution in [0.4, 0.5) is 0 Å². The fourth-order valence-corrected chi connectivity index (χ4v) is 5.21. The summed E-state index contributed by atoms with van der Waals surface area (Å²) in [7, 11) is 5.15. The summed E-state index contributed by atoms with van der Waals surface area (Å²) in [5.74, 6) is 2.79. The number of hydrogen-bond donors (Lipinski definition) is 0. The van der Waals surface area contributed by atoms with Crippen LogP contribution >= 0.6 is 0 Å². The highest BCUT2D eigenvalue weighted by Gasteiger charge is 2.31. The molecule has 4 bridgehead atoms. The zero-order valence-electron chi connectivity index (χ0n) is 21.2. The molecule has 2 heterocycles. The fraction of sp³-hybridized carbons (Fsp3) is 0.536. The molecule has 7 nitrogen and oxygen atoms in total. The van der Waals surface area contributed by atoms with Gasteiger partial charge in [0.05, 0.1) is 20.3 Å². The Bertz CT molecular complexity index is 982. The third-order valence-corrected chi connectivity index (χ3v) is 7.20. The second kappa shape index (κ2) is 12.3. The maximum atomic E-state index is 13.2. The molecule has 0 saturated carbocycles. The molecule has 7 heteroatoms. The highest BCUT2D eigenvalue weighted by atomic mass is 16.5. The average Bonchev–Trinajstić information content (AvgIpc) is 2.90. The molecule has 0 aromatic heterocycles. The van der Waals surface area contributed by atoms with Gasteiger partial charge in [0, 0.05) is 56.4 Å². The van der Waals surface area contributed by atoms with Crippen LogP contribution in [0.1, 0.15) is 41.6 Å². The molecule has 35 heavy (non-hydrogen) atoms. The Hall–Kier alpha value is -2.77. The summed E-state index contributed by atoms with van der Waals surface area (Å²) in [5.41, 5.74) is 1.81. The van der Waals surface area contributed by atoms with Gasteiger partial charge in [-0.3, -0.25) is 9.69 Å². The van der Waals surface area contributed by atoms with Crippen molar-refractivity contribution in [1.29, 1.82) is 0 Å². The van der Waals surface area contributed by atoms with Crippen molar-refractivity contribution in [2.45, 2.75) is 38.3 Å². The van der Waals surface area contributed by atoms with Gasteiger partial charge in [0.2, 0.25) is 0 Å². The molecule has 0 radical (unpaired) electrons. The Balaban J connectivity index is 1.51. The number of fused-ring (bicyclic) bond motifs is 4. The van der Waals surface area contributed by atoms with Crippen LogP contribution < -0.4 is 14.2 Å². The van der Waals surface area contributed by atoms with Crippen LogP contribution in [0.2, 0.25) is 0 Å². The summed E-state index contributed by atoms with van der Waals surface area (Å²) < 4.78 is 22.9. The Labute approximate surface area is 208 Å². The molecular weight excluding hydrogens is 444 g/mol. The van der Waals surface area contributed by atoms with E-state index >= 15 is 0 Å². The number of rotatable bonds is 5. The summed E-state index contributed by atoms with van der Waals surface area (Å²) in [4.78, 5) is 17.6. The lowest BCUT2D eigenvalue weighted by Crippen LogP contribution is -2.46. The van der Waals surface area contributed by atoms with Crippen molar-refractivity contribution in [2.75, 3.05) is 54.1 Å². The van der Waals surface area contributed by atoms with Gasteiger partial charge >= 0.3 is 0 Å². The smallest absolute Gasteiger partial charge is 0.254 e. The number of carbonyl (C=O) groups is 1. The van der Waals surface area contributed by atoms with Crippen molar-refractivity contribution >= 4 is 5.91 Å². The summed E-state index contributed by atoms with van der Waals surface area (Å²) in [6.45, 7) is 4.54. The third kappa shape index (κ3) is 6.47. The molecule has 2 aromatic carbocycles. The number of amides is 1. The highest BCUT2D eigenvalue weighted by Crippen LogP contribution is 2.28. The maximum absolute atomic E-state index is 13.2. The van der Waals surface area contributed by atoms with E-state index in [1.165, 1.54) is 0 Å². The van der Waals surface area contributed by atoms with E-state index in [0.717, 1.165) is 81.2 Å². The molecular formula is C28H38N2O5.